The minimum absolute atomic E-state index is 0.0227. The van der Waals surface area contributed by atoms with Crippen molar-refractivity contribution in [3.63, 3.8) is 0 Å². The predicted octanol–water partition coefficient (Wildman–Crippen LogP) is 6.97. The van der Waals surface area contributed by atoms with Crippen molar-refractivity contribution in [2.45, 2.75) is 93.1 Å². The fourth-order valence-corrected chi connectivity index (χ4v) is 4.62. The van der Waals surface area contributed by atoms with Crippen LogP contribution < -0.4 is 0 Å². The molecule has 0 N–H and O–H groups in total. The van der Waals surface area contributed by atoms with Gasteiger partial charge in [-0.3, -0.25) is 0 Å². The SMILES string of the molecule is CCCCCCCCCCCC[C](C)([Mg][CH3])c1ccccc1. The van der Waals surface area contributed by atoms with Crippen molar-refractivity contribution in [2.24, 2.45) is 0 Å². The van der Waals surface area contributed by atoms with Gasteiger partial charge in [0.2, 0.25) is 0 Å². The fourth-order valence-electron chi connectivity index (χ4n) is 3.37. The molecule has 0 amide bonds. The molecule has 0 saturated heterocycles. The van der Waals surface area contributed by atoms with E-state index in [0.29, 0.717) is 3.54 Å². The van der Waals surface area contributed by atoms with Crippen molar-refractivity contribution in [2.75, 3.05) is 0 Å². The second-order valence-corrected chi connectivity index (χ2v) is 9.48. The Bertz CT molecular complexity index is 359. The molecule has 0 heterocycles. The molecule has 1 aromatic carbocycles. The highest BCUT2D eigenvalue weighted by Crippen LogP contribution is 2.29. The van der Waals surface area contributed by atoms with Crippen LogP contribution in [-0.4, -0.2) is 20.4 Å². The molecule has 0 aliphatic rings. The van der Waals surface area contributed by atoms with Crippen LogP contribution >= 0.6 is 0 Å². The van der Waals surface area contributed by atoms with Gasteiger partial charge in [0.15, 0.2) is 0 Å². The second kappa shape index (κ2) is 12.4. The first kappa shape index (κ1) is 20.0. The average molecular weight is 313 g/mol. The summed E-state index contributed by atoms with van der Waals surface area (Å²) in [6.07, 6.45) is 15.8. The maximum atomic E-state index is 2.50. The molecule has 1 rings (SSSR count). The molecule has 122 valence electrons. The highest BCUT2D eigenvalue weighted by Gasteiger charge is 2.24. The lowest BCUT2D eigenvalue weighted by molar-refractivity contribution is 0.511. The summed E-state index contributed by atoms with van der Waals surface area (Å²) < 4.78 is 0.515. The van der Waals surface area contributed by atoms with Gasteiger partial charge in [-0.25, -0.2) is 0 Å². The van der Waals surface area contributed by atoms with E-state index < -0.39 is 0 Å². The third-order valence-corrected chi connectivity index (χ3v) is 7.66. The normalized spacial score (nSPS) is 13.6. The summed E-state index contributed by atoms with van der Waals surface area (Å²) in [6.45, 7) is 4.80. The molecule has 0 aromatic heterocycles. The van der Waals surface area contributed by atoms with Gasteiger partial charge in [-0.05, 0) is 0 Å². The standard InChI is InChI=1S/C20H33.CH3.Mg/c1-3-4-5-6-7-8-9-10-11-13-16-19(2)20-17-14-12-15-18-20;;/h12,14-15,17-18H,3-11,13,16H2,1-2H3;1H3;. The van der Waals surface area contributed by atoms with E-state index in [-0.39, 0.29) is 20.4 Å². The van der Waals surface area contributed by atoms with E-state index in [1.165, 1.54) is 70.6 Å². The van der Waals surface area contributed by atoms with Crippen molar-refractivity contribution >= 4 is 20.4 Å². The van der Waals surface area contributed by atoms with Gasteiger partial charge < -0.3 is 0 Å². The molecule has 0 saturated carbocycles. The summed E-state index contributed by atoms with van der Waals surface area (Å²) in [5.41, 5.74) is 1.58. The van der Waals surface area contributed by atoms with E-state index in [2.05, 4.69) is 49.2 Å². The molecule has 1 heteroatoms. The van der Waals surface area contributed by atoms with Crippen LogP contribution in [0.2, 0.25) is 5.05 Å². The second-order valence-electron chi connectivity index (χ2n) is 7.21. The Morgan fingerprint density at radius 3 is 1.77 bits per heavy atom. The number of benzene rings is 1. The first-order valence-electron chi connectivity index (χ1n) is 9.78. The van der Waals surface area contributed by atoms with E-state index >= 15 is 0 Å². The van der Waals surface area contributed by atoms with E-state index in [4.69, 9.17) is 0 Å². The Morgan fingerprint density at radius 1 is 0.773 bits per heavy atom. The third kappa shape index (κ3) is 8.01. The summed E-state index contributed by atoms with van der Waals surface area (Å²) in [6, 6.07) is 11.2. The van der Waals surface area contributed by atoms with Crippen molar-refractivity contribution in [1.82, 2.24) is 0 Å². The van der Waals surface area contributed by atoms with Crippen molar-refractivity contribution in [3.8, 4) is 0 Å². The topological polar surface area (TPSA) is 0 Å². The van der Waals surface area contributed by atoms with Gasteiger partial charge in [0.1, 0.15) is 0 Å². The Labute approximate surface area is 149 Å². The number of unbranched alkanes of at least 4 members (excludes halogenated alkanes) is 9. The summed E-state index contributed by atoms with van der Waals surface area (Å²) in [5.74, 6) is 0. The molecule has 0 radical (unpaired) electrons. The summed E-state index contributed by atoms with van der Waals surface area (Å²) in [4.78, 5) is 0. The highest BCUT2D eigenvalue weighted by atomic mass is 24.5. The largest absolute Gasteiger partial charge is 0.376 e. The number of rotatable bonds is 13. The maximum absolute atomic E-state index is 2.50. The zero-order valence-corrected chi connectivity index (χ0v) is 16.8. The van der Waals surface area contributed by atoms with Gasteiger partial charge >= 0.3 is 20.4 Å². The van der Waals surface area contributed by atoms with E-state index in [1.54, 1.807) is 5.56 Å². The van der Waals surface area contributed by atoms with E-state index in [1.807, 2.05) is 0 Å². The zero-order chi connectivity index (χ0) is 16.1. The molecule has 0 spiro atoms. The lowest BCUT2D eigenvalue weighted by Gasteiger charge is -2.29. The number of hydrogen-bond donors (Lipinski definition) is 0. The Hall–Kier alpha value is -0.0138. The Kier molecular flexibility index (Phi) is 11.3. The monoisotopic (exact) mass is 312 g/mol. The Balaban J connectivity index is 2.10. The Morgan fingerprint density at radius 2 is 1.27 bits per heavy atom. The smallest absolute Gasteiger partial charge is 0.155 e. The zero-order valence-electron chi connectivity index (χ0n) is 15.4. The van der Waals surface area contributed by atoms with Crippen LogP contribution in [0.5, 0.6) is 0 Å². The van der Waals surface area contributed by atoms with E-state index in [9.17, 15) is 0 Å². The van der Waals surface area contributed by atoms with E-state index in [0.717, 1.165) is 0 Å². The molecular weight excluding hydrogens is 277 g/mol. The lowest BCUT2D eigenvalue weighted by atomic mass is 9.93. The first-order valence-corrected chi connectivity index (χ1v) is 11.9. The van der Waals surface area contributed by atoms with Gasteiger partial charge in [0, 0.05) is 0 Å². The third-order valence-electron chi connectivity index (χ3n) is 5.33. The fraction of sp³-hybridized carbons (Fsp3) is 0.714. The molecule has 1 atom stereocenters. The van der Waals surface area contributed by atoms with Gasteiger partial charge in [-0.1, -0.05) is 120 Å². The van der Waals surface area contributed by atoms with Crippen LogP contribution in [0.25, 0.3) is 0 Å². The molecule has 0 aliphatic heterocycles. The molecule has 1 aromatic rings. The molecule has 22 heavy (non-hydrogen) atoms. The maximum Gasteiger partial charge on any atom is 0.376 e. The molecule has 0 fully saturated rings. The molecular formula is C21H36Mg. The van der Waals surface area contributed by atoms with Gasteiger partial charge in [0.05, 0.1) is 0 Å². The average Bonchev–Trinajstić information content (AvgIpc) is 2.57. The van der Waals surface area contributed by atoms with Crippen LogP contribution in [0.1, 0.15) is 90.0 Å². The van der Waals surface area contributed by atoms with Crippen molar-refractivity contribution in [1.29, 1.82) is 0 Å². The first-order chi connectivity index (χ1) is 10.7. The van der Waals surface area contributed by atoms with Crippen LogP contribution in [0, 0.1) is 0 Å². The van der Waals surface area contributed by atoms with Crippen LogP contribution in [0.4, 0.5) is 0 Å². The minimum Gasteiger partial charge on any atom is -0.155 e. The van der Waals surface area contributed by atoms with Crippen molar-refractivity contribution < 1.29 is 0 Å². The van der Waals surface area contributed by atoms with Crippen LogP contribution in [0.15, 0.2) is 30.3 Å². The summed E-state index contributed by atoms with van der Waals surface area (Å²) in [7, 11) is 0. The molecule has 0 bridgehead atoms. The molecule has 1 unspecified atom stereocenters. The quantitative estimate of drug-likeness (QED) is 0.272. The van der Waals surface area contributed by atoms with Gasteiger partial charge in [-0.15, -0.1) is 3.54 Å². The van der Waals surface area contributed by atoms with Gasteiger partial charge in [0.25, 0.3) is 0 Å². The van der Waals surface area contributed by atoms with Crippen molar-refractivity contribution in [3.05, 3.63) is 35.9 Å². The minimum atomic E-state index is -0.0227. The lowest BCUT2D eigenvalue weighted by Crippen LogP contribution is -2.27. The van der Waals surface area contributed by atoms with Crippen LogP contribution in [-0.2, 0) is 3.54 Å². The molecule has 0 nitrogen and oxygen atoms in total. The number of hydrogen-bond acceptors (Lipinski definition) is 0. The predicted molar refractivity (Wildman–Crippen MR) is 102 cm³/mol. The van der Waals surface area contributed by atoms with Crippen LogP contribution in [0.3, 0.4) is 0 Å². The molecule has 0 aliphatic carbocycles. The highest BCUT2D eigenvalue weighted by molar-refractivity contribution is 6.38. The van der Waals surface area contributed by atoms with Gasteiger partial charge in [-0.2, -0.15) is 5.05 Å². The summed E-state index contributed by atoms with van der Waals surface area (Å²) >= 11 is -0.0227. The summed E-state index contributed by atoms with van der Waals surface area (Å²) in [5, 5.41) is 2.48.